The van der Waals surface area contributed by atoms with Crippen LogP contribution in [0.1, 0.15) is 32.6 Å². The molecule has 1 fully saturated rings. The minimum Gasteiger partial charge on any atom is -0.431 e. The summed E-state index contributed by atoms with van der Waals surface area (Å²) in [5, 5.41) is 0. The van der Waals surface area contributed by atoms with Crippen molar-refractivity contribution in [3.63, 3.8) is 0 Å². The maximum absolute atomic E-state index is 13.9. The van der Waals surface area contributed by atoms with Gasteiger partial charge >= 0.3 is 12.5 Å². The summed E-state index contributed by atoms with van der Waals surface area (Å²) in [6.45, 7) is 0.740. The average molecular weight is 416 g/mol. The largest absolute Gasteiger partial charge is 0.573 e. The van der Waals surface area contributed by atoms with Crippen LogP contribution in [0.25, 0.3) is 0 Å². The second-order valence-electron chi connectivity index (χ2n) is 6.38. The normalized spacial score (nSPS) is 21.1. The van der Waals surface area contributed by atoms with Crippen LogP contribution < -0.4 is 9.47 Å². The van der Waals surface area contributed by atoms with E-state index < -0.39 is 48.3 Å². The van der Waals surface area contributed by atoms with Gasteiger partial charge in [0.15, 0.2) is 18.2 Å². The number of rotatable bonds is 7. The van der Waals surface area contributed by atoms with Gasteiger partial charge in [-0.2, -0.15) is 8.78 Å². The van der Waals surface area contributed by atoms with Crippen molar-refractivity contribution in [3.05, 3.63) is 35.9 Å². The Labute approximate surface area is 157 Å². The number of allylic oxidation sites excluding steroid dienone is 2. The predicted molar refractivity (Wildman–Crippen MR) is 85.1 cm³/mol. The lowest BCUT2D eigenvalue weighted by molar-refractivity contribution is -0.276. The molecule has 0 amide bonds. The van der Waals surface area contributed by atoms with E-state index in [4.69, 9.17) is 4.74 Å². The van der Waals surface area contributed by atoms with Crippen molar-refractivity contribution in [2.75, 3.05) is 6.61 Å². The minimum absolute atomic E-state index is 0.181. The average Bonchev–Trinajstić information content (AvgIpc) is 2.57. The lowest BCUT2D eigenvalue weighted by Gasteiger charge is -2.28. The van der Waals surface area contributed by atoms with E-state index in [0.717, 1.165) is 12.8 Å². The van der Waals surface area contributed by atoms with Crippen LogP contribution in [0.2, 0.25) is 0 Å². The smallest absolute Gasteiger partial charge is 0.431 e. The van der Waals surface area contributed by atoms with Gasteiger partial charge in [-0.25, -0.2) is 8.78 Å². The number of hydrogen-bond donors (Lipinski definition) is 0. The van der Waals surface area contributed by atoms with Gasteiger partial charge in [0.05, 0.1) is 6.10 Å². The van der Waals surface area contributed by atoms with Crippen LogP contribution in [0, 0.1) is 17.6 Å². The molecule has 10 heteroatoms. The van der Waals surface area contributed by atoms with Crippen LogP contribution >= 0.6 is 0 Å². The third-order valence-corrected chi connectivity index (χ3v) is 4.13. The molecule has 1 aromatic rings. The van der Waals surface area contributed by atoms with Gasteiger partial charge in [-0.1, -0.05) is 12.2 Å². The molecule has 3 nitrogen and oxygen atoms in total. The lowest BCUT2D eigenvalue weighted by atomic mass is 9.87. The molecule has 28 heavy (non-hydrogen) atoms. The Kier molecular flexibility index (Phi) is 7.19. The topological polar surface area (TPSA) is 27.7 Å². The SMILES string of the molecule is C/C=C/C1CCC(OCC(F)(F)Oc2cc(F)c(OC(F)(F)F)c(F)c2)CC1. The molecular weight excluding hydrogens is 397 g/mol. The molecule has 0 aromatic heterocycles. The van der Waals surface area contributed by atoms with Gasteiger partial charge in [0.25, 0.3) is 0 Å². The zero-order valence-electron chi connectivity index (χ0n) is 14.9. The van der Waals surface area contributed by atoms with Gasteiger partial charge in [-0.05, 0) is 38.5 Å². The van der Waals surface area contributed by atoms with Gasteiger partial charge in [0, 0.05) is 12.1 Å². The molecule has 1 aliphatic rings. The Morgan fingerprint density at radius 1 is 0.964 bits per heavy atom. The van der Waals surface area contributed by atoms with Crippen LogP contribution in [0.3, 0.4) is 0 Å². The Hall–Kier alpha value is -1.97. The van der Waals surface area contributed by atoms with Gasteiger partial charge in [-0.15, -0.1) is 13.2 Å². The molecule has 0 aliphatic heterocycles. The molecule has 0 radical (unpaired) electrons. The molecule has 2 rings (SSSR count). The molecule has 1 saturated carbocycles. The van der Waals surface area contributed by atoms with Crippen molar-refractivity contribution in [2.24, 2.45) is 5.92 Å². The number of benzene rings is 1. The summed E-state index contributed by atoms with van der Waals surface area (Å²) in [6, 6.07) is 0.362. The van der Waals surface area contributed by atoms with Crippen molar-refractivity contribution < 1.29 is 44.9 Å². The Morgan fingerprint density at radius 2 is 1.54 bits per heavy atom. The molecule has 0 bridgehead atoms. The highest BCUT2D eigenvalue weighted by Gasteiger charge is 2.37. The second-order valence-corrected chi connectivity index (χ2v) is 6.38. The zero-order valence-corrected chi connectivity index (χ0v) is 14.9. The fourth-order valence-electron chi connectivity index (χ4n) is 2.95. The summed E-state index contributed by atoms with van der Waals surface area (Å²) >= 11 is 0. The molecule has 0 saturated heterocycles. The fraction of sp³-hybridized carbons (Fsp3) is 0.556. The monoisotopic (exact) mass is 416 g/mol. The highest BCUT2D eigenvalue weighted by Crippen LogP contribution is 2.34. The van der Waals surface area contributed by atoms with E-state index >= 15 is 0 Å². The standard InChI is InChI=1S/C18H19F7O3/c1-2-3-11-4-6-12(7-5-11)26-10-17(21,22)27-13-8-14(19)16(15(20)9-13)28-18(23,24)25/h2-3,8-9,11-12H,4-7,10H2,1H3/b3-2+. The summed E-state index contributed by atoms with van der Waals surface area (Å²) in [6.07, 6.45) is -2.95. The Morgan fingerprint density at radius 3 is 2.04 bits per heavy atom. The number of ether oxygens (including phenoxy) is 3. The zero-order chi connectivity index (χ0) is 20.9. The van der Waals surface area contributed by atoms with E-state index in [1.54, 1.807) is 0 Å². The first-order valence-corrected chi connectivity index (χ1v) is 8.55. The second kappa shape index (κ2) is 9.02. The fourth-order valence-corrected chi connectivity index (χ4v) is 2.95. The highest BCUT2D eigenvalue weighted by molar-refractivity contribution is 5.35. The van der Waals surface area contributed by atoms with Crippen molar-refractivity contribution in [1.82, 2.24) is 0 Å². The van der Waals surface area contributed by atoms with Crippen LogP contribution in [0.15, 0.2) is 24.3 Å². The van der Waals surface area contributed by atoms with Gasteiger partial charge in [0.2, 0.25) is 5.75 Å². The van der Waals surface area contributed by atoms with Crippen molar-refractivity contribution in [1.29, 1.82) is 0 Å². The third-order valence-electron chi connectivity index (χ3n) is 4.13. The number of halogens is 7. The molecule has 0 spiro atoms. The Balaban J connectivity index is 1.93. The molecular formula is C18H19F7O3. The summed E-state index contributed by atoms with van der Waals surface area (Å²) < 4.78 is 104. The van der Waals surface area contributed by atoms with E-state index in [1.807, 2.05) is 19.1 Å². The summed E-state index contributed by atoms with van der Waals surface area (Å²) in [4.78, 5) is 0. The lowest BCUT2D eigenvalue weighted by Crippen LogP contribution is -2.34. The van der Waals surface area contributed by atoms with E-state index in [2.05, 4.69) is 9.47 Å². The maximum atomic E-state index is 13.9. The van der Waals surface area contributed by atoms with Crippen molar-refractivity contribution in [2.45, 2.75) is 51.2 Å². The first-order chi connectivity index (χ1) is 13.0. The van der Waals surface area contributed by atoms with E-state index in [0.29, 0.717) is 18.8 Å². The first-order valence-electron chi connectivity index (χ1n) is 8.55. The first kappa shape index (κ1) is 22.3. The van der Waals surface area contributed by atoms with Crippen LogP contribution in [-0.2, 0) is 4.74 Å². The quantitative estimate of drug-likeness (QED) is 0.404. The molecule has 1 aliphatic carbocycles. The van der Waals surface area contributed by atoms with Gasteiger partial charge in [0.1, 0.15) is 5.75 Å². The summed E-state index contributed by atoms with van der Waals surface area (Å²) in [7, 11) is 0. The van der Waals surface area contributed by atoms with E-state index in [9.17, 15) is 30.7 Å². The maximum Gasteiger partial charge on any atom is 0.573 e. The molecule has 158 valence electrons. The molecule has 0 unspecified atom stereocenters. The van der Waals surface area contributed by atoms with Gasteiger partial charge in [-0.3, -0.25) is 0 Å². The van der Waals surface area contributed by atoms with Crippen molar-refractivity contribution in [3.8, 4) is 11.5 Å². The van der Waals surface area contributed by atoms with E-state index in [1.165, 1.54) is 0 Å². The van der Waals surface area contributed by atoms with Crippen LogP contribution in [0.4, 0.5) is 30.7 Å². The summed E-state index contributed by atoms with van der Waals surface area (Å²) in [5.41, 5.74) is 0. The van der Waals surface area contributed by atoms with Crippen molar-refractivity contribution >= 4 is 0 Å². The molecule has 0 N–H and O–H groups in total. The molecule has 1 aromatic carbocycles. The summed E-state index contributed by atoms with van der Waals surface area (Å²) in [5.74, 6) is -6.02. The van der Waals surface area contributed by atoms with Crippen LogP contribution in [0.5, 0.6) is 11.5 Å². The minimum atomic E-state index is -5.34. The highest BCUT2D eigenvalue weighted by atomic mass is 19.4. The predicted octanol–water partition coefficient (Wildman–Crippen LogP) is 5.99. The molecule has 0 atom stereocenters. The Bertz CT molecular complexity index is 657. The van der Waals surface area contributed by atoms with Crippen LogP contribution in [-0.4, -0.2) is 25.2 Å². The number of hydrogen-bond acceptors (Lipinski definition) is 3. The molecule has 0 heterocycles. The van der Waals surface area contributed by atoms with E-state index in [-0.39, 0.29) is 12.1 Å². The third kappa shape index (κ3) is 6.88. The van der Waals surface area contributed by atoms with Gasteiger partial charge < -0.3 is 14.2 Å². The number of alkyl halides is 5.